The fourth-order valence-electron chi connectivity index (χ4n) is 1.98. The number of amides is 1. The topological polar surface area (TPSA) is 55.1 Å². The van der Waals surface area contributed by atoms with Crippen LogP contribution in [0.3, 0.4) is 0 Å². The molecule has 3 N–H and O–H groups in total. The summed E-state index contributed by atoms with van der Waals surface area (Å²) in [5, 5.41) is 2.73. The van der Waals surface area contributed by atoms with Gasteiger partial charge in [0.15, 0.2) is 11.6 Å². The van der Waals surface area contributed by atoms with E-state index in [0.717, 1.165) is 31.4 Å². The highest BCUT2D eigenvalue weighted by Crippen LogP contribution is 2.28. The van der Waals surface area contributed by atoms with Crippen LogP contribution in [0.15, 0.2) is 18.2 Å². The summed E-state index contributed by atoms with van der Waals surface area (Å²) in [4.78, 5) is 11.6. The molecule has 19 heavy (non-hydrogen) atoms. The van der Waals surface area contributed by atoms with Crippen LogP contribution in [0, 0.1) is 11.6 Å². The van der Waals surface area contributed by atoms with Gasteiger partial charge in [0.05, 0.1) is 6.42 Å². The van der Waals surface area contributed by atoms with Gasteiger partial charge in [-0.05, 0) is 37.0 Å². The molecule has 1 fully saturated rings. The van der Waals surface area contributed by atoms with Gasteiger partial charge in [-0.1, -0.05) is 6.07 Å². The summed E-state index contributed by atoms with van der Waals surface area (Å²) in [5.74, 6) is -2.07. The molecule has 1 aliphatic rings. The van der Waals surface area contributed by atoms with Crippen LogP contribution < -0.4 is 11.1 Å². The van der Waals surface area contributed by atoms with Crippen molar-refractivity contribution < 1.29 is 13.6 Å². The lowest BCUT2D eigenvalue weighted by Gasteiger charge is -2.38. The Kier molecular flexibility index (Phi) is 5.26. The largest absolute Gasteiger partial charge is 0.354 e. The Morgan fingerprint density at radius 3 is 2.53 bits per heavy atom. The van der Waals surface area contributed by atoms with Crippen molar-refractivity contribution in [2.24, 2.45) is 5.73 Å². The maximum atomic E-state index is 12.9. The molecule has 0 heterocycles. The minimum Gasteiger partial charge on any atom is -0.354 e. The molecule has 0 radical (unpaired) electrons. The molecule has 0 aliphatic heterocycles. The van der Waals surface area contributed by atoms with Crippen molar-refractivity contribution in [2.45, 2.75) is 31.2 Å². The second-order valence-corrected chi connectivity index (χ2v) is 4.92. The van der Waals surface area contributed by atoms with Gasteiger partial charge in [0, 0.05) is 12.1 Å². The van der Waals surface area contributed by atoms with Gasteiger partial charge in [-0.15, -0.1) is 12.4 Å². The Bertz CT molecular complexity index is 464. The average Bonchev–Trinajstić information content (AvgIpc) is 2.29. The molecule has 1 aromatic rings. The quantitative estimate of drug-likeness (QED) is 0.890. The molecule has 1 saturated carbocycles. The molecule has 3 nitrogen and oxygen atoms in total. The molecular formula is C13H17ClF2N2O. The van der Waals surface area contributed by atoms with E-state index in [0.29, 0.717) is 12.1 Å². The van der Waals surface area contributed by atoms with E-state index in [2.05, 4.69) is 5.32 Å². The first kappa shape index (κ1) is 15.9. The maximum Gasteiger partial charge on any atom is 0.224 e. The molecule has 0 bridgehead atoms. The van der Waals surface area contributed by atoms with E-state index in [1.165, 1.54) is 6.07 Å². The van der Waals surface area contributed by atoms with E-state index < -0.39 is 11.6 Å². The van der Waals surface area contributed by atoms with Gasteiger partial charge < -0.3 is 11.1 Å². The molecular weight excluding hydrogens is 274 g/mol. The summed E-state index contributed by atoms with van der Waals surface area (Å²) in [6, 6.07) is 3.46. The number of rotatable bonds is 4. The highest BCUT2D eigenvalue weighted by atomic mass is 35.5. The first-order chi connectivity index (χ1) is 8.48. The van der Waals surface area contributed by atoms with Gasteiger partial charge in [0.25, 0.3) is 0 Å². The molecule has 0 spiro atoms. The molecule has 6 heteroatoms. The number of nitrogens with one attached hydrogen (secondary N) is 1. The van der Waals surface area contributed by atoms with Gasteiger partial charge in [0.2, 0.25) is 5.91 Å². The highest BCUT2D eigenvalue weighted by Gasteiger charge is 2.32. The fraction of sp³-hybridized carbons (Fsp3) is 0.462. The van der Waals surface area contributed by atoms with Gasteiger partial charge in [-0.25, -0.2) is 8.78 Å². The first-order valence-corrected chi connectivity index (χ1v) is 5.98. The average molecular weight is 291 g/mol. The normalized spacial score (nSPS) is 16.2. The van der Waals surface area contributed by atoms with Crippen molar-refractivity contribution >= 4 is 18.3 Å². The predicted octanol–water partition coefficient (Wildman–Crippen LogP) is 1.93. The van der Waals surface area contributed by atoms with Crippen molar-refractivity contribution in [3.05, 3.63) is 35.4 Å². The van der Waals surface area contributed by atoms with Gasteiger partial charge in [-0.2, -0.15) is 0 Å². The zero-order valence-electron chi connectivity index (χ0n) is 10.4. The SMILES string of the molecule is Cl.NC1(CNC(=O)Cc2ccc(F)c(F)c2)CCC1. The van der Waals surface area contributed by atoms with E-state index in [4.69, 9.17) is 5.73 Å². The van der Waals surface area contributed by atoms with Gasteiger partial charge in [-0.3, -0.25) is 4.79 Å². The Balaban J connectivity index is 0.00000180. The molecule has 1 amide bonds. The molecule has 0 atom stereocenters. The third-order valence-corrected chi connectivity index (χ3v) is 3.34. The number of hydrogen-bond acceptors (Lipinski definition) is 2. The highest BCUT2D eigenvalue weighted by molar-refractivity contribution is 5.85. The van der Waals surface area contributed by atoms with Crippen molar-refractivity contribution in [1.29, 1.82) is 0 Å². The van der Waals surface area contributed by atoms with Crippen LogP contribution >= 0.6 is 12.4 Å². The molecule has 2 rings (SSSR count). The van der Waals surface area contributed by atoms with Crippen LogP contribution in [0.25, 0.3) is 0 Å². The lowest BCUT2D eigenvalue weighted by Crippen LogP contribution is -2.55. The maximum absolute atomic E-state index is 12.9. The lowest BCUT2D eigenvalue weighted by molar-refractivity contribution is -0.120. The van der Waals surface area contributed by atoms with Gasteiger partial charge in [0.1, 0.15) is 0 Å². The van der Waals surface area contributed by atoms with E-state index in [-0.39, 0.29) is 30.3 Å². The van der Waals surface area contributed by atoms with Crippen molar-refractivity contribution in [1.82, 2.24) is 5.32 Å². The second-order valence-electron chi connectivity index (χ2n) is 4.92. The monoisotopic (exact) mass is 290 g/mol. The Hall–Kier alpha value is -1.20. The van der Waals surface area contributed by atoms with Crippen molar-refractivity contribution in [3.8, 4) is 0 Å². The molecule has 1 aromatic carbocycles. The van der Waals surface area contributed by atoms with Crippen LogP contribution in [-0.2, 0) is 11.2 Å². The number of benzene rings is 1. The van der Waals surface area contributed by atoms with Crippen LogP contribution in [0.4, 0.5) is 8.78 Å². The van der Waals surface area contributed by atoms with Gasteiger partial charge >= 0.3 is 0 Å². The first-order valence-electron chi connectivity index (χ1n) is 5.98. The predicted molar refractivity (Wildman–Crippen MR) is 71.1 cm³/mol. The summed E-state index contributed by atoms with van der Waals surface area (Å²) in [6.45, 7) is 0.440. The number of nitrogens with two attached hydrogens (primary N) is 1. The smallest absolute Gasteiger partial charge is 0.224 e. The van der Waals surface area contributed by atoms with Crippen LogP contribution in [0.5, 0.6) is 0 Å². The third-order valence-electron chi connectivity index (χ3n) is 3.34. The lowest BCUT2D eigenvalue weighted by atomic mass is 9.78. The summed E-state index contributed by atoms with van der Waals surface area (Å²) >= 11 is 0. The van der Waals surface area contributed by atoms with Crippen LogP contribution in [0.2, 0.25) is 0 Å². The minimum absolute atomic E-state index is 0. The van der Waals surface area contributed by atoms with Crippen molar-refractivity contribution in [2.75, 3.05) is 6.54 Å². The number of carbonyl (C=O) groups is 1. The summed E-state index contributed by atoms with van der Waals surface area (Å²) in [5.41, 5.74) is 6.14. The summed E-state index contributed by atoms with van der Waals surface area (Å²) < 4.78 is 25.6. The zero-order valence-corrected chi connectivity index (χ0v) is 11.2. The number of halogens is 3. The fourth-order valence-corrected chi connectivity index (χ4v) is 1.98. The second kappa shape index (κ2) is 6.30. The van der Waals surface area contributed by atoms with Crippen LogP contribution in [0.1, 0.15) is 24.8 Å². The third kappa shape index (κ3) is 4.14. The standard InChI is InChI=1S/C13H16F2N2O.ClH/c14-10-3-2-9(6-11(10)15)7-12(18)17-8-13(16)4-1-5-13;/h2-3,6H,1,4-5,7-8,16H2,(H,17,18);1H. The van der Waals surface area contributed by atoms with E-state index >= 15 is 0 Å². The molecule has 0 aromatic heterocycles. The van der Waals surface area contributed by atoms with E-state index in [1.807, 2.05) is 0 Å². The Morgan fingerprint density at radius 2 is 2.00 bits per heavy atom. The minimum atomic E-state index is -0.936. The summed E-state index contributed by atoms with van der Waals surface area (Å²) in [7, 11) is 0. The zero-order chi connectivity index (χ0) is 13.2. The summed E-state index contributed by atoms with van der Waals surface area (Å²) in [6.07, 6.45) is 2.96. The number of carbonyl (C=O) groups excluding carboxylic acids is 1. The van der Waals surface area contributed by atoms with E-state index in [9.17, 15) is 13.6 Å². The van der Waals surface area contributed by atoms with Crippen molar-refractivity contribution in [3.63, 3.8) is 0 Å². The van der Waals surface area contributed by atoms with E-state index in [1.54, 1.807) is 0 Å². The molecule has 106 valence electrons. The number of hydrogen-bond donors (Lipinski definition) is 2. The Morgan fingerprint density at radius 1 is 1.32 bits per heavy atom. The Labute approximate surface area is 117 Å². The molecule has 1 aliphatic carbocycles. The van der Waals surface area contributed by atoms with Crippen LogP contribution in [-0.4, -0.2) is 18.0 Å². The molecule has 0 saturated heterocycles. The molecule has 0 unspecified atom stereocenters.